The maximum Gasteiger partial charge on any atom is 0.243 e. The Morgan fingerprint density at radius 2 is 1.82 bits per heavy atom. The number of carbonyl (C=O) groups excluding carboxylic acids is 2. The molecule has 182 valence electrons. The number of rotatable bonds is 8. The fraction of sp³-hybridized carbons (Fsp3) is 0.704. The summed E-state index contributed by atoms with van der Waals surface area (Å²) in [5.74, 6) is 0.519. The molecule has 1 aliphatic heterocycles. The number of hydrogen-bond acceptors (Lipinski definition) is 4. The highest BCUT2D eigenvalue weighted by molar-refractivity contribution is 5.90. The highest BCUT2D eigenvalue weighted by Gasteiger charge is 2.40. The van der Waals surface area contributed by atoms with Gasteiger partial charge in [-0.15, -0.1) is 0 Å². The first-order valence-electron chi connectivity index (χ1n) is 13.2. The van der Waals surface area contributed by atoms with E-state index in [1.807, 2.05) is 11.9 Å². The molecule has 33 heavy (non-hydrogen) atoms. The lowest BCUT2D eigenvalue weighted by molar-refractivity contribution is -0.141. The number of aryl methyl sites for hydroxylation is 1. The van der Waals surface area contributed by atoms with Crippen molar-refractivity contribution in [2.24, 2.45) is 5.92 Å². The van der Waals surface area contributed by atoms with Crippen molar-refractivity contribution >= 4 is 11.8 Å². The van der Waals surface area contributed by atoms with E-state index in [4.69, 9.17) is 0 Å². The van der Waals surface area contributed by atoms with E-state index in [1.165, 1.54) is 30.4 Å². The summed E-state index contributed by atoms with van der Waals surface area (Å²) in [6.07, 6.45) is 10.7. The summed E-state index contributed by atoms with van der Waals surface area (Å²) < 4.78 is 0. The van der Waals surface area contributed by atoms with Crippen LogP contribution in [0.5, 0.6) is 0 Å². The quantitative estimate of drug-likeness (QED) is 0.563. The van der Waals surface area contributed by atoms with Gasteiger partial charge in [-0.2, -0.15) is 0 Å². The Morgan fingerprint density at radius 3 is 2.61 bits per heavy atom. The lowest BCUT2D eigenvalue weighted by atomic mass is 9.83. The van der Waals surface area contributed by atoms with Gasteiger partial charge in [-0.05, 0) is 76.0 Å². The number of nitrogens with zero attached hydrogens (tertiary/aromatic N) is 1. The Kier molecular flexibility index (Phi) is 8.42. The van der Waals surface area contributed by atoms with Crippen LogP contribution in [-0.2, 0) is 16.0 Å². The summed E-state index contributed by atoms with van der Waals surface area (Å²) in [6, 6.07) is 8.27. The lowest BCUT2D eigenvalue weighted by Gasteiger charge is -2.36. The van der Waals surface area contributed by atoms with E-state index in [1.54, 1.807) is 0 Å². The number of carbonyl (C=O) groups is 2. The average Bonchev–Trinajstić information content (AvgIpc) is 3.35. The molecule has 1 heterocycles. The molecule has 0 aromatic heterocycles. The third-order valence-electron chi connectivity index (χ3n) is 8.05. The molecule has 1 aromatic rings. The molecule has 4 rings (SSSR count). The molecule has 0 bridgehead atoms. The number of nitrogens with one attached hydrogen (secondary N) is 3. The first kappa shape index (κ1) is 24.2. The summed E-state index contributed by atoms with van der Waals surface area (Å²) in [7, 11) is 1.95. The molecule has 1 unspecified atom stereocenters. The van der Waals surface area contributed by atoms with Crippen LogP contribution in [0.2, 0.25) is 0 Å². The van der Waals surface area contributed by atoms with Crippen molar-refractivity contribution in [2.75, 3.05) is 20.1 Å². The van der Waals surface area contributed by atoms with Crippen molar-refractivity contribution in [1.82, 2.24) is 20.9 Å². The van der Waals surface area contributed by atoms with Gasteiger partial charge in [0.25, 0.3) is 0 Å². The average molecular weight is 455 g/mol. The first-order valence-corrected chi connectivity index (χ1v) is 13.2. The smallest absolute Gasteiger partial charge is 0.243 e. The Balaban J connectivity index is 1.45. The van der Waals surface area contributed by atoms with Gasteiger partial charge in [0.1, 0.15) is 6.04 Å². The first-order chi connectivity index (χ1) is 16.1. The van der Waals surface area contributed by atoms with Crippen LogP contribution in [0.1, 0.15) is 81.9 Å². The number of fused-ring (bicyclic) bond motifs is 1. The monoisotopic (exact) mass is 454 g/mol. The summed E-state index contributed by atoms with van der Waals surface area (Å²) >= 11 is 0. The molecule has 0 radical (unpaired) electrons. The fourth-order valence-electron chi connectivity index (χ4n) is 5.98. The second-order valence-corrected chi connectivity index (χ2v) is 10.3. The second-order valence-electron chi connectivity index (χ2n) is 10.3. The zero-order valence-electron chi connectivity index (χ0n) is 20.4. The van der Waals surface area contributed by atoms with Crippen LogP contribution in [0.25, 0.3) is 0 Å². The third-order valence-corrected chi connectivity index (χ3v) is 8.05. The van der Waals surface area contributed by atoms with Gasteiger partial charge in [-0.25, -0.2) is 0 Å². The predicted octanol–water partition coefficient (Wildman–Crippen LogP) is 3.32. The normalized spacial score (nSPS) is 25.3. The minimum atomic E-state index is -0.346. The number of amides is 2. The number of likely N-dealkylation sites (N-methyl/N-ethyl adjacent to an activating group) is 1. The molecule has 1 saturated carbocycles. The van der Waals surface area contributed by atoms with Crippen LogP contribution in [0.3, 0.4) is 0 Å². The molecule has 1 saturated heterocycles. The number of hydrogen-bond donors (Lipinski definition) is 3. The molecule has 6 nitrogen and oxygen atoms in total. The van der Waals surface area contributed by atoms with Crippen molar-refractivity contribution in [1.29, 1.82) is 0 Å². The second kappa shape index (κ2) is 11.5. The van der Waals surface area contributed by atoms with Crippen LogP contribution in [0.15, 0.2) is 24.3 Å². The van der Waals surface area contributed by atoms with Crippen LogP contribution in [0.4, 0.5) is 0 Å². The summed E-state index contributed by atoms with van der Waals surface area (Å²) in [5.41, 5.74) is 2.59. The largest absolute Gasteiger partial charge is 0.347 e. The van der Waals surface area contributed by atoms with Crippen LogP contribution < -0.4 is 16.0 Å². The van der Waals surface area contributed by atoms with Gasteiger partial charge in [0.15, 0.2) is 0 Å². The van der Waals surface area contributed by atoms with Gasteiger partial charge in [0, 0.05) is 19.1 Å². The van der Waals surface area contributed by atoms with Crippen LogP contribution in [0, 0.1) is 5.92 Å². The Morgan fingerprint density at radius 1 is 1.03 bits per heavy atom. The molecule has 3 N–H and O–H groups in total. The van der Waals surface area contributed by atoms with E-state index in [2.05, 4.69) is 47.1 Å². The standard InChI is InChI=1S/C27H42N4O2/c1-19(28-2)18-29-25(21-11-4-3-5-12-21)27(33)31-17-9-16-24(31)26(32)30-23-15-8-13-20-10-6-7-14-22(20)23/h6-7,10,14,19,21,23-25,28-29H,3-5,8-9,11-13,15-18H2,1-2H3,(H,30,32)/t19-,23+,24?,25-/m0/s1. The third kappa shape index (κ3) is 5.78. The van der Waals surface area contributed by atoms with E-state index >= 15 is 0 Å². The topological polar surface area (TPSA) is 73.5 Å². The van der Waals surface area contributed by atoms with Crippen LogP contribution in [-0.4, -0.2) is 55.0 Å². The zero-order valence-corrected chi connectivity index (χ0v) is 20.4. The van der Waals surface area contributed by atoms with Gasteiger partial charge in [0.05, 0.1) is 12.1 Å². The zero-order chi connectivity index (χ0) is 23.2. The Bertz CT molecular complexity index is 807. The Hall–Kier alpha value is -1.92. The molecular weight excluding hydrogens is 412 g/mol. The van der Waals surface area contributed by atoms with Crippen molar-refractivity contribution in [3.8, 4) is 0 Å². The maximum absolute atomic E-state index is 13.8. The van der Waals surface area contributed by atoms with Crippen molar-refractivity contribution in [2.45, 2.75) is 95.3 Å². The van der Waals surface area contributed by atoms with Crippen LogP contribution >= 0.6 is 0 Å². The summed E-state index contributed by atoms with van der Waals surface area (Å²) in [5, 5.41) is 10.2. The van der Waals surface area contributed by atoms with E-state index in [0.717, 1.165) is 51.5 Å². The molecule has 6 heteroatoms. The fourth-order valence-corrected chi connectivity index (χ4v) is 5.98. The van der Waals surface area contributed by atoms with Gasteiger partial charge >= 0.3 is 0 Å². The van der Waals surface area contributed by atoms with Gasteiger partial charge in [-0.3, -0.25) is 9.59 Å². The highest BCUT2D eigenvalue weighted by Crippen LogP contribution is 2.32. The van der Waals surface area contributed by atoms with Gasteiger partial charge < -0.3 is 20.9 Å². The molecule has 2 fully saturated rings. The molecule has 3 aliphatic rings. The molecule has 2 aliphatic carbocycles. The minimum Gasteiger partial charge on any atom is -0.347 e. The summed E-state index contributed by atoms with van der Waals surface area (Å²) in [6.45, 7) is 3.57. The Labute approximate surface area is 199 Å². The van der Waals surface area contributed by atoms with Crippen molar-refractivity contribution in [3.05, 3.63) is 35.4 Å². The molecule has 1 aromatic carbocycles. The van der Waals surface area contributed by atoms with E-state index in [9.17, 15) is 9.59 Å². The highest BCUT2D eigenvalue weighted by atomic mass is 16.2. The molecule has 0 spiro atoms. The number of benzene rings is 1. The molecule has 4 atom stereocenters. The van der Waals surface area contributed by atoms with Crippen molar-refractivity contribution < 1.29 is 9.59 Å². The SMILES string of the molecule is CN[C@@H](C)CN[C@H](C(=O)N1CCCC1C(=O)N[C@@H]1CCCc2ccccc21)C1CCCCC1. The van der Waals surface area contributed by atoms with Crippen molar-refractivity contribution in [3.63, 3.8) is 0 Å². The predicted molar refractivity (Wildman–Crippen MR) is 132 cm³/mol. The van der Waals surface area contributed by atoms with Gasteiger partial charge in [0.2, 0.25) is 11.8 Å². The maximum atomic E-state index is 13.8. The molecular formula is C27H42N4O2. The summed E-state index contributed by atoms with van der Waals surface area (Å²) in [4.78, 5) is 29.1. The molecule has 2 amide bonds. The minimum absolute atomic E-state index is 0.0218. The van der Waals surface area contributed by atoms with E-state index in [-0.39, 0.29) is 29.9 Å². The van der Waals surface area contributed by atoms with E-state index in [0.29, 0.717) is 18.5 Å². The van der Waals surface area contributed by atoms with Gasteiger partial charge in [-0.1, -0.05) is 43.5 Å². The lowest BCUT2D eigenvalue weighted by Crippen LogP contribution is -2.56. The number of likely N-dealkylation sites (tertiary alicyclic amines) is 1. The van der Waals surface area contributed by atoms with E-state index < -0.39 is 0 Å².